The lowest BCUT2D eigenvalue weighted by molar-refractivity contribution is 0.0341. The number of likely N-dealkylation sites (N-methyl/N-ethyl adjacent to an activating group) is 1. The maximum Gasteiger partial charge on any atom is 0.258 e. The van der Waals surface area contributed by atoms with Gasteiger partial charge in [-0.25, -0.2) is 8.42 Å². The highest BCUT2D eigenvalue weighted by Crippen LogP contribution is 2.31. The van der Waals surface area contributed by atoms with Crippen LogP contribution in [0.25, 0.3) is 0 Å². The van der Waals surface area contributed by atoms with Gasteiger partial charge in [0.2, 0.25) is 10.0 Å². The van der Waals surface area contributed by atoms with Crippen LogP contribution in [0, 0.1) is 5.92 Å². The summed E-state index contributed by atoms with van der Waals surface area (Å²) in [5.41, 5.74) is 8.97. The topological polar surface area (TPSA) is 154 Å². The predicted octanol–water partition coefficient (Wildman–Crippen LogP) is 3.24. The molecule has 0 bridgehead atoms. The zero-order valence-electron chi connectivity index (χ0n) is 24.8. The summed E-state index contributed by atoms with van der Waals surface area (Å²) in [5, 5.41) is 12.7. The van der Waals surface area contributed by atoms with Crippen molar-refractivity contribution in [1.82, 2.24) is 9.80 Å². The van der Waals surface area contributed by atoms with Gasteiger partial charge in [0.05, 0.1) is 35.8 Å². The highest BCUT2D eigenvalue weighted by Gasteiger charge is 2.33. The quantitative estimate of drug-likeness (QED) is 0.256. The monoisotopic (exact) mass is 609 g/mol. The summed E-state index contributed by atoms with van der Waals surface area (Å²) in [5.74, 6) is -0.330. The number of hydrogen-bond acceptors (Lipinski definition) is 8. The molecule has 1 aliphatic rings. The molecule has 2 amide bonds. The van der Waals surface area contributed by atoms with Gasteiger partial charge in [0, 0.05) is 36.8 Å². The largest absolute Gasteiger partial charge is 0.488 e. The van der Waals surface area contributed by atoms with E-state index >= 15 is 0 Å². The number of benzene rings is 3. The molecule has 0 radical (unpaired) electrons. The predicted molar refractivity (Wildman–Crippen MR) is 168 cm³/mol. The highest BCUT2D eigenvalue weighted by molar-refractivity contribution is 7.92. The standard InChI is InChI=1S/C31H39N5O6S/c1-20-16-36(21(2)19-37)31(39)25-15-24(34-43(4,40)41)13-14-28(25)42-29(20)18-35(3)17-22-9-11-23(12-10-22)30(38)33-27-8-6-5-7-26(27)32/h5-15,20-21,29,34,37H,16-19,32H2,1-4H3,(H,33,38)/t20-,21+,29-/m0/s1. The number of carbonyl (C=O) groups is 2. The van der Waals surface area contributed by atoms with Crippen molar-refractivity contribution in [3.63, 3.8) is 0 Å². The first-order chi connectivity index (χ1) is 20.3. The van der Waals surface area contributed by atoms with Crippen LogP contribution in [-0.4, -0.2) is 80.3 Å². The normalized spacial score (nSPS) is 17.8. The summed E-state index contributed by atoms with van der Waals surface area (Å²) in [7, 11) is -1.59. The minimum Gasteiger partial charge on any atom is -0.488 e. The maximum atomic E-state index is 13.5. The third kappa shape index (κ3) is 8.25. The first kappa shape index (κ1) is 31.8. The summed E-state index contributed by atoms with van der Waals surface area (Å²) < 4.78 is 32.4. The number of sulfonamides is 1. The van der Waals surface area contributed by atoms with Crippen molar-refractivity contribution in [3.05, 3.63) is 83.4 Å². The molecular weight excluding hydrogens is 570 g/mol. The van der Waals surface area contributed by atoms with Gasteiger partial charge in [-0.05, 0) is 62.0 Å². The summed E-state index contributed by atoms with van der Waals surface area (Å²) in [6.07, 6.45) is 0.722. The second kappa shape index (κ2) is 13.4. The molecule has 0 unspecified atom stereocenters. The number of nitrogens with one attached hydrogen (secondary N) is 2. The van der Waals surface area contributed by atoms with Gasteiger partial charge in [0.25, 0.3) is 11.8 Å². The van der Waals surface area contributed by atoms with Gasteiger partial charge in [0.1, 0.15) is 11.9 Å². The Balaban J connectivity index is 1.49. The number of rotatable bonds is 10. The summed E-state index contributed by atoms with van der Waals surface area (Å²) in [6, 6.07) is 18.6. The van der Waals surface area contributed by atoms with E-state index in [4.69, 9.17) is 10.5 Å². The zero-order valence-corrected chi connectivity index (χ0v) is 25.6. The first-order valence-corrected chi connectivity index (χ1v) is 15.9. The number of nitrogens with two attached hydrogens (primary N) is 1. The van der Waals surface area contributed by atoms with Crippen LogP contribution in [0.1, 0.15) is 40.1 Å². The molecule has 0 spiro atoms. The van der Waals surface area contributed by atoms with Crippen molar-refractivity contribution in [2.45, 2.75) is 32.5 Å². The summed E-state index contributed by atoms with van der Waals surface area (Å²) in [6.45, 7) is 5.01. The number of nitrogen functional groups attached to an aromatic ring is 1. The van der Waals surface area contributed by atoms with Crippen LogP contribution >= 0.6 is 0 Å². The number of nitrogens with zero attached hydrogens (tertiary/aromatic N) is 2. The van der Waals surface area contributed by atoms with Gasteiger partial charge in [-0.1, -0.05) is 31.2 Å². The maximum absolute atomic E-state index is 13.5. The third-order valence-corrected chi connectivity index (χ3v) is 7.94. The average Bonchev–Trinajstić information content (AvgIpc) is 2.95. The van der Waals surface area contributed by atoms with E-state index in [0.29, 0.717) is 42.3 Å². The van der Waals surface area contributed by atoms with Crippen LogP contribution in [0.3, 0.4) is 0 Å². The minimum absolute atomic E-state index is 0.0844. The van der Waals surface area contributed by atoms with Crippen LogP contribution in [0.5, 0.6) is 5.75 Å². The van der Waals surface area contributed by atoms with E-state index < -0.39 is 16.1 Å². The summed E-state index contributed by atoms with van der Waals surface area (Å²) >= 11 is 0. The van der Waals surface area contributed by atoms with Gasteiger partial charge in [-0.15, -0.1) is 0 Å². The third-order valence-electron chi connectivity index (χ3n) is 7.34. The second-order valence-corrected chi connectivity index (χ2v) is 12.9. The lowest BCUT2D eigenvalue weighted by atomic mass is 9.99. The van der Waals surface area contributed by atoms with Gasteiger partial charge < -0.3 is 25.8 Å². The molecular formula is C31H39N5O6S. The fourth-order valence-corrected chi connectivity index (χ4v) is 5.52. The van der Waals surface area contributed by atoms with Gasteiger partial charge in [-0.3, -0.25) is 19.2 Å². The minimum atomic E-state index is -3.55. The SMILES string of the molecule is C[C@H](CO)N1C[C@H](C)[C@H](CN(C)Cc2ccc(C(=O)Nc3ccccc3N)cc2)Oc2ccc(NS(C)(=O)=O)cc2C1=O. The second-order valence-electron chi connectivity index (χ2n) is 11.1. The molecule has 0 fully saturated rings. The van der Waals surface area contributed by atoms with Gasteiger partial charge in [-0.2, -0.15) is 0 Å². The van der Waals surface area contributed by atoms with Crippen molar-refractivity contribution in [2.75, 3.05) is 48.8 Å². The Morgan fingerprint density at radius 1 is 1.16 bits per heavy atom. The van der Waals surface area contributed by atoms with Crippen LogP contribution in [0.4, 0.5) is 17.1 Å². The van der Waals surface area contributed by atoms with E-state index in [2.05, 4.69) is 14.9 Å². The van der Waals surface area contributed by atoms with Crippen molar-refractivity contribution in [2.24, 2.45) is 5.92 Å². The zero-order chi connectivity index (χ0) is 31.3. The van der Waals surface area contributed by atoms with E-state index in [1.165, 1.54) is 6.07 Å². The molecule has 11 nitrogen and oxygen atoms in total. The fraction of sp³-hybridized carbons (Fsp3) is 0.355. The molecule has 5 N–H and O–H groups in total. The number of carbonyl (C=O) groups excluding carboxylic acids is 2. The van der Waals surface area contributed by atoms with E-state index in [-0.39, 0.29) is 41.7 Å². The van der Waals surface area contributed by atoms with Gasteiger partial charge >= 0.3 is 0 Å². The number of para-hydroxylation sites is 2. The van der Waals surface area contributed by atoms with Crippen LogP contribution in [0.15, 0.2) is 66.7 Å². The Morgan fingerprint density at radius 2 is 1.86 bits per heavy atom. The Morgan fingerprint density at radius 3 is 2.51 bits per heavy atom. The first-order valence-electron chi connectivity index (χ1n) is 14.0. The molecule has 4 rings (SSSR count). The van der Waals surface area contributed by atoms with Crippen LogP contribution < -0.4 is 20.5 Å². The molecule has 1 heterocycles. The smallest absolute Gasteiger partial charge is 0.258 e. The number of aliphatic hydroxyl groups is 1. The lowest BCUT2D eigenvalue weighted by Crippen LogP contribution is -2.49. The number of hydrogen-bond donors (Lipinski definition) is 4. The molecule has 0 saturated heterocycles. The Hall–Kier alpha value is -4.13. The molecule has 230 valence electrons. The van der Waals surface area contributed by atoms with E-state index in [9.17, 15) is 23.1 Å². The number of aliphatic hydroxyl groups excluding tert-OH is 1. The molecule has 0 aromatic heterocycles. The fourth-order valence-electron chi connectivity index (χ4n) is 4.97. The number of anilines is 3. The van der Waals surface area contributed by atoms with Crippen LogP contribution in [-0.2, 0) is 16.6 Å². The van der Waals surface area contributed by atoms with E-state index in [0.717, 1.165) is 11.8 Å². The van der Waals surface area contributed by atoms with E-state index in [1.54, 1.807) is 60.4 Å². The van der Waals surface area contributed by atoms with Crippen LogP contribution in [0.2, 0.25) is 0 Å². The molecule has 3 aromatic carbocycles. The molecule has 12 heteroatoms. The number of amides is 2. The molecule has 3 aromatic rings. The molecule has 0 saturated carbocycles. The number of fused-ring (bicyclic) bond motifs is 1. The Kier molecular flexibility index (Phi) is 9.95. The summed E-state index contributed by atoms with van der Waals surface area (Å²) in [4.78, 5) is 29.9. The van der Waals surface area contributed by atoms with Crippen molar-refractivity contribution < 1.29 is 27.9 Å². The lowest BCUT2D eigenvalue weighted by Gasteiger charge is -2.38. The Bertz CT molecular complexity index is 1560. The van der Waals surface area contributed by atoms with Crippen molar-refractivity contribution >= 4 is 38.9 Å². The molecule has 1 aliphatic heterocycles. The van der Waals surface area contributed by atoms with E-state index in [1.807, 2.05) is 26.1 Å². The van der Waals surface area contributed by atoms with Crippen molar-refractivity contribution in [1.29, 1.82) is 0 Å². The molecule has 0 aliphatic carbocycles. The number of ether oxygens (including phenoxy) is 1. The van der Waals surface area contributed by atoms with Gasteiger partial charge in [0.15, 0.2) is 0 Å². The Labute approximate surface area is 252 Å². The molecule has 43 heavy (non-hydrogen) atoms. The van der Waals surface area contributed by atoms with Crippen molar-refractivity contribution in [3.8, 4) is 5.75 Å². The highest BCUT2D eigenvalue weighted by atomic mass is 32.2. The average molecular weight is 610 g/mol. The molecule has 3 atom stereocenters.